The number of amides is 2. The molecule has 47 heavy (non-hydrogen) atoms. The standard InChI is InChI=1S/C34H60N8O5/c1-33(2,3)23-12-14-25(15-13-23)40-32(46)36-16-9-17-41(18-19-43)20-26-27(44)28(45)29(47-26)42-22-39-34(30(35)37-21-38-31(34)42)24-10-7-5-4-6-8-11-24/h12-15,24,26-31,37-39,43-45H,4-11,16-22,35H2,1-3H3,(H2,36,40,46). The van der Waals surface area contributed by atoms with E-state index in [2.05, 4.69) is 52.3 Å². The van der Waals surface area contributed by atoms with E-state index in [1.807, 2.05) is 29.2 Å². The van der Waals surface area contributed by atoms with Gasteiger partial charge in [0.2, 0.25) is 0 Å². The second-order valence-electron chi connectivity index (χ2n) is 14.9. The lowest BCUT2D eigenvalue weighted by Crippen LogP contribution is -2.78. The van der Waals surface area contributed by atoms with Gasteiger partial charge < -0.3 is 36.4 Å². The van der Waals surface area contributed by atoms with E-state index in [-0.39, 0.29) is 30.4 Å². The van der Waals surface area contributed by atoms with Gasteiger partial charge in [-0.3, -0.25) is 20.9 Å². The number of aliphatic hydroxyl groups is 3. The molecular weight excluding hydrogens is 600 g/mol. The van der Waals surface area contributed by atoms with Crippen LogP contribution in [0.3, 0.4) is 0 Å². The average Bonchev–Trinajstić information content (AvgIpc) is 3.53. The maximum Gasteiger partial charge on any atom is 0.319 e. The van der Waals surface area contributed by atoms with E-state index >= 15 is 0 Å². The Morgan fingerprint density at radius 2 is 1.77 bits per heavy atom. The first-order chi connectivity index (χ1) is 22.5. The van der Waals surface area contributed by atoms with Gasteiger partial charge in [0.15, 0.2) is 0 Å². The summed E-state index contributed by atoms with van der Waals surface area (Å²) < 4.78 is 6.43. The SMILES string of the molecule is CC(C)(C)c1ccc(NC(=O)NCCCN(CCO)CC2OC(N3CNC4(C5CCCCCCC5)C(N)NCNC34)C(O)C2O)cc1. The number of hydrogen-bond acceptors (Lipinski definition) is 11. The van der Waals surface area contributed by atoms with E-state index in [1.165, 1.54) is 37.7 Å². The molecule has 0 radical (unpaired) electrons. The van der Waals surface area contributed by atoms with Crippen LogP contribution >= 0.6 is 0 Å². The van der Waals surface area contributed by atoms with Gasteiger partial charge in [-0.1, -0.05) is 65.0 Å². The van der Waals surface area contributed by atoms with Crippen molar-refractivity contribution < 1.29 is 24.9 Å². The molecule has 5 rings (SSSR count). The average molecular weight is 661 g/mol. The van der Waals surface area contributed by atoms with Crippen LogP contribution in [0, 0.1) is 5.92 Å². The zero-order chi connectivity index (χ0) is 33.6. The van der Waals surface area contributed by atoms with Gasteiger partial charge in [0.25, 0.3) is 0 Å². The van der Waals surface area contributed by atoms with Crippen LogP contribution in [0.2, 0.25) is 0 Å². The van der Waals surface area contributed by atoms with Crippen LogP contribution in [-0.2, 0) is 10.2 Å². The van der Waals surface area contributed by atoms with Crippen LogP contribution in [0.1, 0.15) is 77.7 Å². The Balaban J connectivity index is 1.13. The van der Waals surface area contributed by atoms with Gasteiger partial charge in [0.1, 0.15) is 24.5 Å². The highest BCUT2D eigenvalue weighted by molar-refractivity contribution is 5.89. The molecule has 10 N–H and O–H groups in total. The molecule has 13 heteroatoms. The van der Waals surface area contributed by atoms with Crippen molar-refractivity contribution >= 4 is 11.7 Å². The van der Waals surface area contributed by atoms with Crippen molar-refractivity contribution in [1.82, 2.24) is 31.1 Å². The molecule has 4 aliphatic rings. The predicted molar refractivity (Wildman–Crippen MR) is 182 cm³/mol. The van der Waals surface area contributed by atoms with E-state index in [4.69, 9.17) is 10.5 Å². The molecule has 7 unspecified atom stereocenters. The molecule has 13 nitrogen and oxygen atoms in total. The fraction of sp³-hybridized carbons (Fsp3) is 0.794. The maximum atomic E-state index is 12.5. The number of fused-ring (bicyclic) bond motifs is 1. The molecule has 0 spiro atoms. The largest absolute Gasteiger partial charge is 0.395 e. The van der Waals surface area contributed by atoms with Gasteiger partial charge in [-0.05, 0) is 48.3 Å². The Morgan fingerprint density at radius 3 is 2.45 bits per heavy atom. The minimum Gasteiger partial charge on any atom is -0.395 e. The highest BCUT2D eigenvalue weighted by Gasteiger charge is 2.60. The van der Waals surface area contributed by atoms with Crippen molar-refractivity contribution in [1.29, 1.82) is 0 Å². The molecule has 0 aromatic heterocycles. The number of nitrogens with two attached hydrogens (primary N) is 1. The molecule has 3 aliphatic heterocycles. The number of nitrogens with zero attached hydrogens (tertiary/aromatic N) is 2. The molecular formula is C34H60N8O5. The van der Waals surface area contributed by atoms with E-state index in [1.54, 1.807) is 0 Å². The monoisotopic (exact) mass is 660 g/mol. The number of carbonyl (C=O) groups is 1. The minimum absolute atomic E-state index is 0.0448. The third-order valence-corrected chi connectivity index (χ3v) is 10.7. The van der Waals surface area contributed by atoms with Crippen LogP contribution in [0.5, 0.6) is 0 Å². The second kappa shape index (κ2) is 16.2. The number of hydrogen-bond donors (Lipinski definition) is 9. The van der Waals surface area contributed by atoms with Gasteiger partial charge in [0.05, 0.1) is 31.1 Å². The van der Waals surface area contributed by atoms with Crippen molar-refractivity contribution in [3.8, 4) is 0 Å². The van der Waals surface area contributed by atoms with Crippen LogP contribution < -0.4 is 32.3 Å². The smallest absolute Gasteiger partial charge is 0.319 e. The molecule has 4 fully saturated rings. The molecule has 1 aromatic rings. The number of nitrogens with one attached hydrogen (secondary N) is 5. The molecule has 3 saturated heterocycles. The molecule has 0 bridgehead atoms. The van der Waals surface area contributed by atoms with Crippen LogP contribution in [0.25, 0.3) is 0 Å². The number of ether oxygens (including phenoxy) is 1. The third kappa shape index (κ3) is 8.46. The van der Waals surface area contributed by atoms with E-state index in [0.29, 0.717) is 51.9 Å². The minimum atomic E-state index is -1.10. The lowest BCUT2D eigenvalue weighted by molar-refractivity contribution is -0.115. The number of benzene rings is 1. The lowest BCUT2D eigenvalue weighted by Gasteiger charge is -2.51. The first-order valence-electron chi connectivity index (χ1n) is 17.8. The Kier molecular flexibility index (Phi) is 12.5. The third-order valence-electron chi connectivity index (χ3n) is 10.7. The van der Waals surface area contributed by atoms with Gasteiger partial charge in [-0.2, -0.15) is 0 Å². The first kappa shape index (κ1) is 36.4. The van der Waals surface area contributed by atoms with Crippen molar-refractivity contribution in [2.75, 3.05) is 51.4 Å². The lowest BCUT2D eigenvalue weighted by atomic mass is 9.72. The van der Waals surface area contributed by atoms with Crippen LogP contribution in [-0.4, -0.2) is 120 Å². The summed E-state index contributed by atoms with van der Waals surface area (Å²) in [6, 6.07) is 7.59. The molecule has 3 heterocycles. The molecule has 7 atom stereocenters. The summed E-state index contributed by atoms with van der Waals surface area (Å²) in [5, 5.41) is 48.7. The number of anilines is 1. The quantitative estimate of drug-likeness (QED) is 0.154. The highest BCUT2D eigenvalue weighted by atomic mass is 16.6. The van der Waals surface area contributed by atoms with E-state index in [9.17, 15) is 20.1 Å². The van der Waals surface area contributed by atoms with Crippen molar-refractivity contribution in [2.45, 2.75) is 120 Å². The highest BCUT2D eigenvalue weighted by Crippen LogP contribution is 2.41. The zero-order valence-corrected chi connectivity index (χ0v) is 28.6. The molecule has 2 amide bonds. The molecule has 266 valence electrons. The summed E-state index contributed by atoms with van der Waals surface area (Å²) in [5.41, 5.74) is 8.36. The molecule has 1 aromatic carbocycles. The van der Waals surface area contributed by atoms with Crippen LogP contribution in [0.4, 0.5) is 10.5 Å². The van der Waals surface area contributed by atoms with Gasteiger partial charge >= 0.3 is 6.03 Å². The summed E-state index contributed by atoms with van der Waals surface area (Å²) >= 11 is 0. The molecule has 1 saturated carbocycles. The normalized spacial score (nSPS) is 32.6. The number of urea groups is 1. The molecule has 1 aliphatic carbocycles. The Morgan fingerprint density at radius 1 is 1.06 bits per heavy atom. The number of rotatable bonds is 11. The summed E-state index contributed by atoms with van der Waals surface area (Å²) in [5.74, 6) is 0.372. The fourth-order valence-corrected chi connectivity index (χ4v) is 8.06. The Labute approximate surface area is 280 Å². The summed E-state index contributed by atoms with van der Waals surface area (Å²) in [7, 11) is 0. The van der Waals surface area contributed by atoms with Gasteiger partial charge in [0, 0.05) is 38.5 Å². The number of aliphatic hydroxyl groups excluding tert-OH is 3. The van der Waals surface area contributed by atoms with Crippen molar-refractivity contribution in [3.05, 3.63) is 29.8 Å². The predicted octanol–water partition coefficient (Wildman–Crippen LogP) is 0.960. The van der Waals surface area contributed by atoms with Gasteiger partial charge in [-0.25, -0.2) is 9.69 Å². The van der Waals surface area contributed by atoms with Gasteiger partial charge in [-0.15, -0.1) is 0 Å². The summed E-state index contributed by atoms with van der Waals surface area (Å²) in [6.07, 6.45) is 5.06. The summed E-state index contributed by atoms with van der Waals surface area (Å²) in [6.45, 7) is 9.19. The summed E-state index contributed by atoms with van der Waals surface area (Å²) in [4.78, 5) is 16.6. The fourth-order valence-electron chi connectivity index (χ4n) is 8.06. The Hall–Kier alpha value is -1.91. The van der Waals surface area contributed by atoms with E-state index in [0.717, 1.165) is 18.5 Å². The topological polar surface area (TPSA) is 180 Å². The first-order valence-corrected chi connectivity index (χ1v) is 17.8. The van der Waals surface area contributed by atoms with E-state index < -0.39 is 30.1 Å². The van der Waals surface area contributed by atoms with Crippen molar-refractivity contribution in [2.24, 2.45) is 11.7 Å². The second-order valence-corrected chi connectivity index (χ2v) is 14.9. The number of carbonyl (C=O) groups excluding carboxylic acids is 1. The zero-order valence-electron chi connectivity index (χ0n) is 28.6. The van der Waals surface area contributed by atoms with Crippen LogP contribution in [0.15, 0.2) is 24.3 Å². The van der Waals surface area contributed by atoms with Crippen molar-refractivity contribution in [3.63, 3.8) is 0 Å². The Bertz CT molecular complexity index is 1130. The maximum absolute atomic E-state index is 12.5.